The van der Waals surface area contributed by atoms with Crippen molar-refractivity contribution in [2.24, 2.45) is 5.92 Å². The Morgan fingerprint density at radius 2 is 1.53 bits per heavy atom. The SMILES string of the molecule is COc1cccc(N(CC(=O)N(Cc2ccccc2)C(C)C(=O)NCC(C)C)S(=O)(=O)c2ccccc2)c1. The van der Waals surface area contributed by atoms with Crippen molar-refractivity contribution in [2.45, 2.75) is 38.3 Å². The predicted octanol–water partition coefficient (Wildman–Crippen LogP) is 4.08. The first-order chi connectivity index (χ1) is 18.1. The van der Waals surface area contributed by atoms with Crippen LogP contribution < -0.4 is 14.4 Å². The van der Waals surface area contributed by atoms with Gasteiger partial charge in [-0.1, -0.05) is 68.4 Å². The van der Waals surface area contributed by atoms with Gasteiger partial charge in [0.05, 0.1) is 17.7 Å². The highest BCUT2D eigenvalue weighted by molar-refractivity contribution is 7.92. The molecule has 0 saturated carbocycles. The summed E-state index contributed by atoms with van der Waals surface area (Å²) in [4.78, 5) is 28.3. The number of nitrogens with zero attached hydrogens (tertiary/aromatic N) is 2. The molecule has 0 spiro atoms. The predicted molar refractivity (Wildman–Crippen MR) is 148 cm³/mol. The Morgan fingerprint density at radius 1 is 0.895 bits per heavy atom. The maximum Gasteiger partial charge on any atom is 0.264 e. The average molecular weight is 538 g/mol. The van der Waals surface area contributed by atoms with E-state index in [1.165, 1.54) is 24.1 Å². The summed E-state index contributed by atoms with van der Waals surface area (Å²) in [7, 11) is -2.63. The van der Waals surface area contributed by atoms with E-state index in [9.17, 15) is 18.0 Å². The summed E-state index contributed by atoms with van der Waals surface area (Å²) in [5.74, 6) is -0.125. The number of carbonyl (C=O) groups excluding carboxylic acids is 2. The lowest BCUT2D eigenvalue weighted by Gasteiger charge is -2.32. The molecule has 0 aromatic heterocycles. The van der Waals surface area contributed by atoms with E-state index >= 15 is 0 Å². The molecule has 3 rings (SSSR count). The van der Waals surface area contributed by atoms with E-state index in [4.69, 9.17) is 4.74 Å². The Labute approximate surface area is 225 Å². The van der Waals surface area contributed by atoms with Gasteiger partial charge in [-0.15, -0.1) is 0 Å². The summed E-state index contributed by atoms with van der Waals surface area (Å²) in [6, 6.07) is 22.9. The van der Waals surface area contributed by atoms with Crippen LogP contribution in [0.1, 0.15) is 26.3 Å². The molecule has 1 atom stereocenters. The summed E-state index contributed by atoms with van der Waals surface area (Å²) in [5, 5.41) is 2.88. The van der Waals surface area contributed by atoms with Gasteiger partial charge in [-0.05, 0) is 42.7 Å². The zero-order valence-electron chi connectivity index (χ0n) is 22.2. The van der Waals surface area contributed by atoms with E-state index in [-0.39, 0.29) is 29.0 Å². The molecule has 0 aliphatic rings. The molecule has 9 heteroatoms. The first-order valence-corrected chi connectivity index (χ1v) is 13.9. The van der Waals surface area contributed by atoms with Gasteiger partial charge in [0.1, 0.15) is 18.3 Å². The van der Waals surface area contributed by atoms with E-state index in [0.29, 0.717) is 12.3 Å². The number of amides is 2. The minimum absolute atomic E-state index is 0.0490. The van der Waals surface area contributed by atoms with Gasteiger partial charge in [-0.25, -0.2) is 8.42 Å². The number of nitrogens with one attached hydrogen (secondary N) is 1. The summed E-state index contributed by atoms with van der Waals surface area (Å²) in [6.45, 7) is 5.73. The normalized spacial score (nSPS) is 12.0. The number of hydrogen-bond donors (Lipinski definition) is 1. The van der Waals surface area contributed by atoms with Crippen LogP contribution in [-0.4, -0.2) is 51.4 Å². The van der Waals surface area contributed by atoms with Crippen molar-refractivity contribution in [1.29, 1.82) is 0 Å². The maximum absolute atomic E-state index is 13.9. The first-order valence-electron chi connectivity index (χ1n) is 12.5. The summed E-state index contributed by atoms with van der Waals surface area (Å²) in [6.07, 6.45) is 0. The van der Waals surface area contributed by atoms with Crippen LogP contribution in [0.2, 0.25) is 0 Å². The molecule has 1 N–H and O–H groups in total. The zero-order valence-corrected chi connectivity index (χ0v) is 23.0. The number of rotatable bonds is 12. The minimum Gasteiger partial charge on any atom is -0.497 e. The second kappa shape index (κ2) is 13.1. The molecule has 3 aromatic carbocycles. The van der Waals surface area contributed by atoms with Gasteiger partial charge >= 0.3 is 0 Å². The Balaban J connectivity index is 2.00. The number of anilines is 1. The van der Waals surface area contributed by atoms with Crippen LogP contribution in [0.5, 0.6) is 5.75 Å². The molecule has 2 amide bonds. The van der Waals surface area contributed by atoms with Gasteiger partial charge in [-0.3, -0.25) is 13.9 Å². The van der Waals surface area contributed by atoms with Crippen molar-refractivity contribution in [3.05, 3.63) is 90.5 Å². The van der Waals surface area contributed by atoms with Crippen LogP contribution in [0, 0.1) is 5.92 Å². The summed E-state index contributed by atoms with van der Waals surface area (Å²) in [5.41, 5.74) is 1.10. The van der Waals surface area contributed by atoms with Crippen molar-refractivity contribution < 1.29 is 22.7 Å². The van der Waals surface area contributed by atoms with Crippen molar-refractivity contribution in [1.82, 2.24) is 10.2 Å². The molecule has 0 aliphatic carbocycles. The van der Waals surface area contributed by atoms with E-state index in [0.717, 1.165) is 9.87 Å². The molecule has 1 unspecified atom stereocenters. The van der Waals surface area contributed by atoms with Gasteiger partial charge < -0.3 is 15.0 Å². The highest BCUT2D eigenvalue weighted by atomic mass is 32.2. The van der Waals surface area contributed by atoms with Crippen molar-refractivity contribution in [2.75, 3.05) is 24.5 Å². The van der Waals surface area contributed by atoms with Gasteiger partial charge in [0.2, 0.25) is 11.8 Å². The number of methoxy groups -OCH3 is 1. The second-order valence-corrected chi connectivity index (χ2v) is 11.2. The topological polar surface area (TPSA) is 96.0 Å². The van der Waals surface area contributed by atoms with Crippen LogP contribution >= 0.6 is 0 Å². The van der Waals surface area contributed by atoms with E-state index < -0.39 is 28.5 Å². The molecule has 0 aliphatic heterocycles. The fourth-order valence-electron chi connectivity index (χ4n) is 3.83. The first kappa shape index (κ1) is 28.7. The summed E-state index contributed by atoms with van der Waals surface area (Å²) >= 11 is 0. The molecule has 8 nitrogen and oxygen atoms in total. The smallest absolute Gasteiger partial charge is 0.264 e. The van der Waals surface area contributed by atoms with Crippen LogP contribution in [0.4, 0.5) is 5.69 Å². The van der Waals surface area contributed by atoms with Gasteiger partial charge in [0.25, 0.3) is 10.0 Å². The van der Waals surface area contributed by atoms with Crippen LogP contribution in [0.3, 0.4) is 0 Å². The third-order valence-corrected chi connectivity index (χ3v) is 7.79. The van der Waals surface area contributed by atoms with Crippen LogP contribution in [-0.2, 0) is 26.2 Å². The molecule has 202 valence electrons. The van der Waals surface area contributed by atoms with Gasteiger partial charge in [-0.2, -0.15) is 0 Å². The van der Waals surface area contributed by atoms with Crippen molar-refractivity contribution in [3.63, 3.8) is 0 Å². The largest absolute Gasteiger partial charge is 0.497 e. The molecular weight excluding hydrogens is 502 g/mol. The Morgan fingerprint density at radius 3 is 2.13 bits per heavy atom. The second-order valence-electron chi connectivity index (χ2n) is 9.35. The van der Waals surface area contributed by atoms with Crippen molar-refractivity contribution in [3.8, 4) is 5.75 Å². The lowest BCUT2D eigenvalue weighted by atomic mass is 10.1. The standard InChI is InChI=1S/C29H35N3O5S/c1-22(2)19-30-29(34)23(3)31(20-24-12-7-5-8-13-24)28(33)21-32(25-14-11-15-26(18-25)37-4)38(35,36)27-16-9-6-10-17-27/h5-18,22-23H,19-21H2,1-4H3,(H,30,34). The Hall–Kier alpha value is -3.85. The molecule has 0 heterocycles. The van der Waals surface area contributed by atoms with Gasteiger partial charge in [0, 0.05) is 19.2 Å². The molecule has 0 radical (unpaired) electrons. The number of hydrogen-bond acceptors (Lipinski definition) is 5. The van der Waals surface area contributed by atoms with Crippen molar-refractivity contribution >= 4 is 27.5 Å². The van der Waals surface area contributed by atoms with E-state index in [1.807, 2.05) is 44.2 Å². The minimum atomic E-state index is -4.12. The van der Waals surface area contributed by atoms with E-state index in [2.05, 4.69) is 5.32 Å². The van der Waals surface area contributed by atoms with Crippen LogP contribution in [0.15, 0.2) is 89.8 Å². The quantitative estimate of drug-likeness (QED) is 0.376. The zero-order chi connectivity index (χ0) is 27.7. The number of ether oxygens (including phenoxy) is 1. The number of benzene rings is 3. The third-order valence-electron chi connectivity index (χ3n) is 6.00. The highest BCUT2D eigenvalue weighted by Gasteiger charge is 2.32. The molecule has 3 aromatic rings. The lowest BCUT2D eigenvalue weighted by molar-refractivity contribution is -0.139. The number of carbonyl (C=O) groups is 2. The molecule has 0 bridgehead atoms. The molecule has 0 fully saturated rings. The Kier molecular flexibility index (Phi) is 9.90. The Bertz CT molecular complexity index is 1310. The fraction of sp³-hybridized carbons (Fsp3) is 0.310. The monoisotopic (exact) mass is 537 g/mol. The lowest BCUT2D eigenvalue weighted by Crippen LogP contribution is -2.51. The molecule has 38 heavy (non-hydrogen) atoms. The third kappa shape index (κ3) is 7.35. The highest BCUT2D eigenvalue weighted by Crippen LogP contribution is 2.27. The van der Waals surface area contributed by atoms with Crippen LogP contribution in [0.25, 0.3) is 0 Å². The maximum atomic E-state index is 13.9. The van der Waals surface area contributed by atoms with E-state index in [1.54, 1.807) is 49.4 Å². The molecule has 0 saturated heterocycles. The average Bonchev–Trinajstić information content (AvgIpc) is 2.93. The number of sulfonamides is 1. The van der Waals surface area contributed by atoms with Gasteiger partial charge in [0.15, 0.2) is 0 Å². The molecular formula is C29H35N3O5S. The summed E-state index contributed by atoms with van der Waals surface area (Å²) < 4.78 is 33.9. The fourth-order valence-corrected chi connectivity index (χ4v) is 5.26.